The second-order valence-corrected chi connectivity index (χ2v) is 8.13. The fourth-order valence-corrected chi connectivity index (χ4v) is 5.30. The summed E-state index contributed by atoms with van der Waals surface area (Å²) < 4.78 is 28.5. The van der Waals surface area contributed by atoms with E-state index in [4.69, 9.17) is 0 Å². The van der Waals surface area contributed by atoms with E-state index in [1.54, 1.807) is 6.07 Å². The number of halogens is 2. The summed E-state index contributed by atoms with van der Waals surface area (Å²) in [6.45, 7) is 4.26. The number of H-pyrrole nitrogens is 1. The van der Waals surface area contributed by atoms with E-state index in [0.717, 1.165) is 24.1 Å². The Kier molecular flexibility index (Phi) is 3.39. The van der Waals surface area contributed by atoms with Gasteiger partial charge in [0.1, 0.15) is 17.5 Å². The number of aromatic amines is 1. The Morgan fingerprint density at radius 2 is 1.89 bits per heavy atom. The van der Waals surface area contributed by atoms with Gasteiger partial charge >= 0.3 is 0 Å². The zero-order valence-corrected chi connectivity index (χ0v) is 15.5. The van der Waals surface area contributed by atoms with Crippen molar-refractivity contribution in [3.8, 4) is 11.3 Å². The maximum absolute atomic E-state index is 14.3. The van der Waals surface area contributed by atoms with Gasteiger partial charge in [-0.05, 0) is 47.9 Å². The van der Waals surface area contributed by atoms with E-state index in [2.05, 4.69) is 34.0 Å². The van der Waals surface area contributed by atoms with Gasteiger partial charge in [-0.25, -0.2) is 13.8 Å². The molecule has 2 bridgehead atoms. The molecule has 2 aliphatic rings. The molecule has 0 aliphatic heterocycles. The third kappa shape index (κ3) is 1.99. The number of nitrogens with one attached hydrogen (secondary N) is 1. The molecule has 1 saturated carbocycles. The molecule has 2 aliphatic carbocycles. The van der Waals surface area contributed by atoms with Crippen molar-refractivity contribution < 1.29 is 8.78 Å². The molecule has 1 N–H and O–H groups in total. The summed E-state index contributed by atoms with van der Waals surface area (Å²) in [5, 5.41) is 8.60. The van der Waals surface area contributed by atoms with Crippen LogP contribution in [-0.2, 0) is 5.41 Å². The maximum atomic E-state index is 14.3. The van der Waals surface area contributed by atoms with Gasteiger partial charge < -0.3 is 4.98 Å². The van der Waals surface area contributed by atoms with E-state index in [-0.39, 0.29) is 28.1 Å². The molecule has 0 radical (unpaired) electrons. The van der Waals surface area contributed by atoms with Crippen LogP contribution in [0.25, 0.3) is 11.3 Å². The molecule has 5 nitrogen and oxygen atoms in total. The minimum atomic E-state index is -0.666. The summed E-state index contributed by atoms with van der Waals surface area (Å²) in [5.74, 6) is -0.622. The number of hydrogen-bond acceptors (Lipinski definition) is 4. The van der Waals surface area contributed by atoms with E-state index >= 15 is 0 Å². The molecular weight excluding hydrogens is 362 g/mol. The monoisotopic (exact) mass is 380 g/mol. The van der Waals surface area contributed by atoms with Crippen molar-refractivity contribution in [1.29, 1.82) is 0 Å². The summed E-state index contributed by atoms with van der Waals surface area (Å²) in [6, 6.07) is 6.88. The highest BCUT2D eigenvalue weighted by Crippen LogP contribution is 2.69. The average molecular weight is 380 g/mol. The third-order valence-corrected chi connectivity index (χ3v) is 6.68. The Bertz CT molecular complexity index is 1150. The van der Waals surface area contributed by atoms with Gasteiger partial charge in [-0.2, -0.15) is 5.10 Å². The highest BCUT2D eigenvalue weighted by molar-refractivity contribution is 5.63. The SMILES string of the molecule is CC1(C)[C@H]2CC[C@]1(c1nccc(=O)[nH]1)c1nnc(-c3c(F)cccc3F)cc12. The molecule has 0 saturated heterocycles. The van der Waals surface area contributed by atoms with E-state index in [1.807, 2.05) is 0 Å². The molecule has 2 aromatic heterocycles. The van der Waals surface area contributed by atoms with Crippen LogP contribution in [0, 0.1) is 17.0 Å². The molecule has 1 fully saturated rings. The maximum Gasteiger partial charge on any atom is 0.250 e. The van der Waals surface area contributed by atoms with Gasteiger partial charge in [-0.3, -0.25) is 4.79 Å². The van der Waals surface area contributed by atoms with Crippen molar-refractivity contribution in [2.24, 2.45) is 5.41 Å². The van der Waals surface area contributed by atoms with Crippen molar-refractivity contribution in [2.75, 3.05) is 0 Å². The molecule has 142 valence electrons. The minimum absolute atomic E-state index is 0.136. The van der Waals surface area contributed by atoms with Gasteiger partial charge in [0, 0.05) is 12.3 Å². The normalized spacial score (nSPS) is 24.4. The number of rotatable bonds is 2. The molecule has 0 amide bonds. The van der Waals surface area contributed by atoms with Crippen LogP contribution in [0.15, 0.2) is 41.3 Å². The van der Waals surface area contributed by atoms with Gasteiger partial charge in [-0.15, -0.1) is 5.10 Å². The first-order valence-electron chi connectivity index (χ1n) is 9.24. The Hall–Kier alpha value is -2.96. The molecule has 0 unspecified atom stereocenters. The van der Waals surface area contributed by atoms with Gasteiger partial charge in [0.15, 0.2) is 0 Å². The van der Waals surface area contributed by atoms with Crippen molar-refractivity contribution in [3.05, 3.63) is 75.6 Å². The Morgan fingerprint density at radius 1 is 1.14 bits per heavy atom. The van der Waals surface area contributed by atoms with Crippen LogP contribution in [0.5, 0.6) is 0 Å². The van der Waals surface area contributed by atoms with E-state index < -0.39 is 17.0 Å². The summed E-state index contributed by atoms with van der Waals surface area (Å²) in [6.07, 6.45) is 3.16. The summed E-state index contributed by atoms with van der Waals surface area (Å²) >= 11 is 0. The lowest BCUT2D eigenvalue weighted by Gasteiger charge is -2.36. The van der Waals surface area contributed by atoms with Crippen LogP contribution in [0.2, 0.25) is 0 Å². The van der Waals surface area contributed by atoms with Gasteiger partial charge in [-0.1, -0.05) is 19.9 Å². The zero-order valence-electron chi connectivity index (χ0n) is 15.5. The topological polar surface area (TPSA) is 71.5 Å². The first-order valence-corrected chi connectivity index (χ1v) is 9.24. The van der Waals surface area contributed by atoms with Gasteiger partial charge in [0.05, 0.1) is 22.4 Å². The predicted molar refractivity (Wildman–Crippen MR) is 98.8 cm³/mol. The number of aromatic nitrogens is 4. The number of benzene rings is 1. The molecule has 2 atom stereocenters. The quantitative estimate of drug-likeness (QED) is 0.736. The molecule has 3 aromatic rings. The van der Waals surface area contributed by atoms with Crippen molar-refractivity contribution in [3.63, 3.8) is 0 Å². The van der Waals surface area contributed by atoms with Crippen LogP contribution in [0.3, 0.4) is 0 Å². The minimum Gasteiger partial charge on any atom is -0.310 e. The molecule has 28 heavy (non-hydrogen) atoms. The molecule has 0 spiro atoms. The Labute approximate surface area is 159 Å². The first-order chi connectivity index (χ1) is 13.4. The fourth-order valence-electron chi connectivity index (χ4n) is 5.30. The third-order valence-electron chi connectivity index (χ3n) is 6.68. The van der Waals surface area contributed by atoms with Gasteiger partial charge in [0.2, 0.25) is 0 Å². The largest absolute Gasteiger partial charge is 0.310 e. The number of hydrogen-bond donors (Lipinski definition) is 1. The van der Waals surface area contributed by atoms with Crippen LogP contribution < -0.4 is 5.56 Å². The lowest BCUT2D eigenvalue weighted by Crippen LogP contribution is -2.39. The first kappa shape index (κ1) is 17.2. The van der Waals surface area contributed by atoms with Gasteiger partial charge in [0.25, 0.3) is 5.56 Å². The zero-order chi connectivity index (χ0) is 19.7. The molecule has 1 aromatic carbocycles. The van der Waals surface area contributed by atoms with Crippen LogP contribution in [-0.4, -0.2) is 20.2 Å². The van der Waals surface area contributed by atoms with Crippen molar-refractivity contribution in [2.45, 2.75) is 38.0 Å². The summed E-state index contributed by atoms with van der Waals surface area (Å²) in [7, 11) is 0. The van der Waals surface area contributed by atoms with E-state index in [9.17, 15) is 13.6 Å². The smallest absolute Gasteiger partial charge is 0.250 e. The Morgan fingerprint density at radius 3 is 2.61 bits per heavy atom. The van der Waals surface area contributed by atoms with Crippen LogP contribution in [0.1, 0.15) is 49.7 Å². The highest BCUT2D eigenvalue weighted by atomic mass is 19.1. The second-order valence-electron chi connectivity index (χ2n) is 8.13. The molecular formula is C21H18F2N4O. The van der Waals surface area contributed by atoms with Crippen molar-refractivity contribution >= 4 is 0 Å². The van der Waals surface area contributed by atoms with Crippen molar-refractivity contribution in [1.82, 2.24) is 20.2 Å². The fraction of sp³-hybridized carbons (Fsp3) is 0.333. The summed E-state index contributed by atoms with van der Waals surface area (Å²) in [5.41, 5.74) is 0.616. The summed E-state index contributed by atoms with van der Waals surface area (Å²) in [4.78, 5) is 19.3. The van der Waals surface area contributed by atoms with Crippen LogP contribution >= 0.6 is 0 Å². The number of fused-ring (bicyclic) bond motifs is 5. The molecule has 7 heteroatoms. The van der Waals surface area contributed by atoms with Crippen LogP contribution in [0.4, 0.5) is 8.78 Å². The second kappa shape index (κ2) is 5.53. The highest BCUT2D eigenvalue weighted by Gasteiger charge is 2.65. The van der Waals surface area contributed by atoms with E-state index in [1.165, 1.54) is 30.5 Å². The standard InChI is InChI=1S/C21H18F2N4O/c1-20(2)12-6-8-21(20,19-24-9-7-16(28)25-19)18-11(12)10-15(26-27-18)17-13(22)4-3-5-14(17)23/h3-5,7,9-10,12H,6,8H2,1-2H3,(H,24,25,28)/t12-,21+/m0/s1. The predicted octanol–water partition coefficient (Wildman–Crippen LogP) is 3.71. The lowest BCUT2D eigenvalue weighted by atomic mass is 9.68. The molecule has 5 rings (SSSR count). The lowest BCUT2D eigenvalue weighted by molar-refractivity contribution is 0.236. The Balaban J connectivity index is 1.75. The number of nitrogens with zero attached hydrogens (tertiary/aromatic N) is 3. The molecule has 2 heterocycles. The average Bonchev–Trinajstić information content (AvgIpc) is 3.03. The van der Waals surface area contributed by atoms with E-state index in [0.29, 0.717) is 5.82 Å².